The predicted molar refractivity (Wildman–Crippen MR) is 41.1 cm³/mol. The van der Waals surface area contributed by atoms with Crippen LogP contribution < -0.4 is 0 Å². The molecule has 1 aliphatic rings. The van der Waals surface area contributed by atoms with Gasteiger partial charge in [0.2, 0.25) is 0 Å². The molecule has 3 heteroatoms. The van der Waals surface area contributed by atoms with Crippen molar-refractivity contribution >= 4 is 13.8 Å². The van der Waals surface area contributed by atoms with E-state index in [0.717, 1.165) is 32.0 Å². The summed E-state index contributed by atoms with van der Waals surface area (Å²) < 4.78 is 0. The van der Waals surface area contributed by atoms with Gasteiger partial charge in [0.15, 0.2) is 0 Å². The average molecular weight is 140 g/mol. The first kappa shape index (κ1) is 7.80. The van der Waals surface area contributed by atoms with Crippen molar-refractivity contribution in [2.24, 2.45) is 5.92 Å². The van der Waals surface area contributed by atoms with Crippen LogP contribution in [0.1, 0.15) is 25.7 Å². The lowest BCUT2D eigenvalue weighted by Gasteiger charge is -2.22. The van der Waals surface area contributed by atoms with Gasteiger partial charge in [0.05, 0.1) is 0 Å². The zero-order valence-electron chi connectivity index (χ0n) is 6.12. The largest absolute Gasteiger partial charge is 0.454 e. The maximum Gasteiger partial charge on any atom is 0.273 e. The Morgan fingerprint density at radius 2 is 1.90 bits per heavy atom. The van der Waals surface area contributed by atoms with Crippen molar-refractivity contribution in [3.8, 4) is 0 Å². The van der Waals surface area contributed by atoms with Crippen LogP contribution in [0.2, 0.25) is 5.82 Å². The minimum atomic E-state index is 0.280. The molecule has 0 unspecified atom stereocenters. The summed E-state index contributed by atoms with van der Waals surface area (Å²) in [5.74, 6) is 0.749. The van der Waals surface area contributed by atoms with Gasteiger partial charge in [-0.2, -0.15) is 0 Å². The summed E-state index contributed by atoms with van der Waals surface area (Å²) in [6, 6.07) is 0. The molecule has 56 valence electrons. The minimum absolute atomic E-state index is 0.280. The Morgan fingerprint density at radius 3 is 2.30 bits per heavy atom. The second kappa shape index (κ2) is 3.76. The first-order valence-electron chi connectivity index (χ1n) is 3.93. The first-order valence-corrected chi connectivity index (χ1v) is 3.93. The molecule has 1 aliphatic carbocycles. The maximum absolute atomic E-state index is 10.3. The smallest absolute Gasteiger partial charge is 0.273 e. The highest BCUT2D eigenvalue weighted by Gasteiger charge is 2.20. The van der Waals surface area contributed by atoms with Crippen molar-refractivity contribution < 1.29 is 9.82 Å². The highest BCUT2D eigenvalue weighted by atomic mass is 16.2. The molecule has 1 rings (SSSR count). The van der Waals surface area contributed by atoms with Gasteiger partial charge in [0.25, 0.3) is 7.48 Å². The molecule has 10 heavy (non-hydrogen) atoms. The van der Waals surface area contributed by atoms with Gasteiger partial charge in [0, 0.05) is 5.92 Å². The Balaban J connectivity index is 2.23. The van der Waals surface area contributed by atoms with Crippen LogP contribution in [0.15, 0.2) is 0 Å². The molecule has 0 aromatic rings. The topological polar surface area (TPSA) is 37.3 Å². The fourth-order valence-corrected chi connectivity index (χ4v) is 1.51. The van der Waals surface area contributed by atoms with Crippen molar-refractivity contribution in [3.63, 3.8) is 0 Å². The molecule has 0 aliphatic heterocycles. The second-order valence-electron chi connectivity index (χ2n) is 3.10. The van der Waals surface area contributed by atoms with Crippen molar-refractivity contribution in [2.45, 2.75) is 31.5 Å². The summed E-state index contributed by atoms with van der Waals surface area (Å²) in [7, 11) is 0.297. The van der Waals surface area contributed by atoms with Gasteiger partial charge in [-0.3, -0.25) is 0 Å². The molecule has 1 N–H and O–H groups in total. The molecule has 0 bridgehead atoms. The number of rotatable bonds is 2. The van der Waals surface area contributed by atoms with E-state index in [1.165, 1.54) is 0 Å². The van der Waals surface area contributed by atoms with E-state index in [1.807, 2.05) is 0 Å². The van der Waals surface area contributed by atoms with Gasteiger partial charge in [-0.05, 0) is 18.7 Å². The second-order valence-corrected chi connectivity index (χ2v) is 3.10. The molecule has 0 radical (unpaired) electrons. The van der Waals surface area contributed by atoms with Crippen LogP contribution in [-0.4, -0.2) is 18.8 Å². The monoisotopic (exact) mass is 140 g/mol. The highest BCUT2D eigenvalue weighted by Crippen LogP contribution is 2.30. The molecule has 0 aromatic carbocycles. The third-order valence-corrected chi connectivity index (χ3v) is 2.34. The molecule has 0 heterocycles. The number of carbonyl (C=O) groups is 1. The Morgan fingerprint density at radius 1 is 1.30 bits per heavy atom. The van der Waals surface area contributed by atoms with Gasteiger partial charge in [-0.25, -0.2) is 0 Å². The lowest BCUT2D eigenvalue weighted by Crippen LogP contribution is -2.15. The van der Waals surface area contributed by atoms with E-state index in [9.17, 15) is 4.79 Å². The summed E-state index contributed by atoms with van der Waals surface area (Å²) in [6.07, 6.45) is 5.07. The fourth-order valence-electron chi connectivity index (χ4n) is 1.51. The standard InChI is InChI=1S/C7H13BO2/c9-5-6-1-3-7(8-10)4-2-6/h5-8,10H,1-4H2. The number of aldehydes is 1. The Labute approximate surface area is 61.9 Å². The van der Waals surface area contributed by atoms with Crippen LogP contribution >= 0.6 is 0 Å². The Kier molecular flexibility index (Phi) is 2.94. The molecule has 0 atom stereocenters. The molecular weight excluding hydrogens is 127 g/mol. The molecule has 0 spiro atoms. The van der Waals surface area contributed by atoms with Gasteiger partial charge in [0.1, 0.15) is 6.29 Å². The third-order valence-electron chi connectivity index (χ3n) is 2.34. The summed E-state index contributed by atoms with van der Waals surface area (Å²) in [5.41, 5.74) is 0. The van der Waals surface area contributed by atoms with Gasteiger partial charge >= 0.3 is 0 Å². The first-order chi connectivity index (χ1) is 4.86. The fraction of sp³-hybridized carbons (Fsp3) is 0.857. The van der Waals surface area contributed by atoms with Crippen molar-refractivity contribution in [3.05, 3.63) is 0 Å². The highest BCUT2D eigenvalue weighted by molar-refractivity contribution is 6.27. The molecular formula is C7H13BO2. The molecule has 0 aromatic heterocycles. The average Bonchev–Trinajstić information content (AvgIpc) is 2.05. The van der Waals surface area contributed by atoms with Gasteiger partial charge < -0.3 is 9.82 Å². The van der Waals surface area contributed by atoms with E-state index in [1.54, 1.807) is 0 Å². The molecule has 0 amide bonds. The van der Waals surface area contributed by atoms with E-state index in [-0.39, 0.29) is 5.92 Å². The molecule has 1 fully saturated rings. The quantitative estimate of drug-likeness (QED) is 0.448. The van der Waals surface area contributed by atoms with E-state index in [4.69, 9.17) is 5.02 Å². The van der Waals surface area contributed by atoms with Crippen LogP contribution in [0.4, 0.5) is 0 Å². The Bertz CT molecular complexity index is 108. The zero-order valence-corrected chi connectivity index (χ0v) is 6.12. The van der Waals surface area contributed by atoms with Crippen LogP contribution in [0.3, 0.4) is 0 Å². The van der Waals surface area contributed by atoms with E-state index in [2.05, 4.69) is 0 Å². The van der Waals surface area contributed by atoms with Crippen molar-refractivity contribution in [1.82, 2.24) is 0 Å². The SMILES string of the molecule is O=CC1CCC(BO)CC1. The minimum Gasteiger partial charge on any atom is -0.454 e. The molecule has 1 saturated carbocycles. The lowest BCUT2D eigenvalue weighted by molar-refractivity contribution is -0.111. The summed E-state index contributed by atoms with van der Waals surface area (Å²) in [6.45, 7) is 0. The number of carbonyl (C=O) groups excluding carboxylic acids is 1. The predicted octanol–water partition coefficient (Wildman–Crippen LogP) is 0.508. The van der Waals surface area contributed by atoms with Gasteiger partial charge in [-0.15, -0.1) is 0 Å². The van der Waals surface area contributed by atoms with E-state index in [0.29, 0.717) is 13.3 Å². The molecule has 2 nitrogen and oxygen atoms in total. The molecule has 0 saturated heterocycles. The third kappa shape index (κ3) is 1.84. The number of hydrogen-bond donors (Lipinski definition) is 1. The Hall–Kier alpha value is -0.305. The van der Waals surface area contributed by atoms with Crippen molar-refractivity contribution in [1.29, 1.82) is 0 Å². The van der Waals surface area contributed by atoms with Crippen LogP contribution in [-0.2, 0) is 4.79 Å². The maximum atomic E-state index is 10.3. The van der Waals surface area contributed by atoms with E-state index >= 15 is 0 Å². The summed E-state index contributed by atoms with van der Waals surface area (Å²) in [5, 5.41) is 8.76. The van der Waals surface area contributed by atoms with Crippen molar-refractivity contribution in [2.75, 3.05) is 0 Å². The normalized spacial score (nSPS) is 33.3. The summed E-state index contributed by atoms with van der Waals surface area (Å²) >= 11 is 0. The zero-order chi connectivity index (χ0) is 7.40. The number of hydrogen-bond acceptors (Lipinski definition) is 2. The van der Waals surface area contributed by atoms with E-state index < -0.39 is 0 Å². The lowest BCUT2D eigenvalue weighted by atomic mass is 9.68. The van der Waals surface area contributed by atoms with Crippen LogP contribution in [0, 0.1) is 5.92 Å². The van der Waals surface area contributed by atoms with Gasteiger partial charge in [-0.1, -0.05) is 12.8 Å². The summed E-state index contributed by atoms with van der Waals surface area (Å²) in [4.78, 5) is 10.3. The van der Waals surface area contributed by atoms with Crippen LogP contribution in [0.5, 0.6) is 0 Å². The van der Waals surface area contributed by atoms with Crippen LogP contribution in [0.25, 0.3) is 0 Å².